The molecule has 2 aliphatic rings. The highest BCUT2D eigenvalue weighted by molar-refractivity contribution is 8.14. The van der Waals surface area contributed by atoms with E-state index in [-0.39, 0.29) is 5.25 Å². The zero-order valence-electron chi connectivity index (χ0n) is 6.16. The SMILES string of the molecule is O=S(=O)(Cl)[C@H]1C[C@@H]2CC[C@H]1C2. The van der Waals surface area contributed by atoms with E-state index in [9.17, 15) is 8.42 Å². The molecule has 4 heteroatoms. The summed E-state index contributed by atoms with van der Waals surface area (Å²) in [5.74, 6) is 1.03. The predicted molar refractivity (Wildman–Crippen MR) is 44.0 cm³/mol. The van der Waals surface area contributed by atoms with Gasteiger partial charge >= 0.3 is 0 Å². The molecule has 2 bridgehead atoms. The third kappa shape index (κ3) is 1.29. The van der Waals surface area contributed by atoms with Crippen molar-refractivity contribution in [3.05, 3.63) is 0 Å². The zero-order chi connectivity index (χ0) is 8.06. The van der Waals surface area contributed by atoms with Gasteiger partial charge in [0.1, 0.15) is 0 Å². The second kappa shape index (κ2) is 2.36. The molecule has 2 rings (SSSR count). The Labute approximate surface area is 71.3 Å². The summed E-state index contributed by atoms with van der Waals surface area (Å²) in [6.45, 7) is 0. The van der Waals surface area contributed by atoms with E-state index in [1.807, 2.05) is 0 Å². The van der Waals surface area contributed by atoms with Gasteiger partial charge in [-0.2, -0.15) is 0 Å². The first-order valence-corrected chi connectivity index (χ1v) is 6.38. The molecule has 0 spiro atoms. The van der Waals surface area contributed by atoms with Gasteiger partial charge in [-0.25, -0.2) is 8.42 Å². The Bertz CT molecular complexity index is 260. The van der Waals surface area contributed by atoms with Crippen molar-refractivity contribution in [1.29, 1.82) is 0 Å². The normalized spacial score (nSPS) is 43.2. The van der Waals surface area contributed by atoms with Crippen LogP contribution in [0.15, 0.2) is 0 Å². The molecule has 2 aliphatic carbocycles. The Morgan fingerprint density at radius 3 is 2.18 bits per heavy atom. The van der Waals surface area contributed by atoms with Crippen LogP contribution in [0.5, 0.6) is 0 Å². The maximum absolute atomic E-state index is 11.0. The standard InChI is InChI=1S/C7H11ClO2S/c8-11(9,10)7-4-5-1-2-6(7)3-5/h5-7H,1-4H2/t5-,6+,7+/m1/s1. The largest absolute Gasteiger partial charge is 0.235 e. The van der Waals surface area contributed by atoms with Gasteiger partial charge in [-0.3, -0.25) is 0 Å². The van der Waals surface area contributed by atoms with Crippen LogP contribution in [0, 0.1) is 11.8 Å². The molecule has 0 N–H and O–H groups in total. The van der Waals surface area contributed by atoms with Crippen LogP contribution >= 0.6 is 10.7 Å². The fraction of sp³-hybridized carbons (Fsp3) is 1.00. The summed E-state index contributed by atoms with van der Waals surface area (Å²) >= 11 is 0. The van der Waals surface area contributed by atoms with Crippen LogP contribution in [0.4, 0.5) is 0 Å². The van der Waals surface area contributed by atoms with Crippen molar-refractivity contribution in [3.8, 4) is 0 Å². The molecule has 0 aromatic carbocycles. The van der Waals surface area contributed by atoms with E-state index in [1.165, 1.54) is 6.42 Å². The Morgan fingerprint density at radius 1 is 1.18 bits per heavy atom. The van der Waals surface area contributed by atoms with Crippen LogP contribution in [0.25, 0.3) is 0 Å². The number of halogens is 1. The lowest BCUT2D eigenvalue weighted by Crippen LogP contribution is -2.22. The Hall–Kier alpha value is 0.240. The summed E-state index contributed by atoms with van der Waals surface area (Å²) in [5, 5.41) is -0.220. The first kappa shape index (κ1) is 7.87. The molecular formula is C7H11ClO2S. The first-order chi connectivity index (χ1) is 5.07. The van der Waals surface area contributed by atoms with Crippen molar-refractivity contribution in [2.75, 3.05) is 0 Å². The average molecular weight is 195 g/mol. The Morgan fingerprint density at radius 2 is 1.91 bits per heavy atom. The van der Waals surface area contributed by atoms with E-state index in [4.69, 9.17) is 10.7 Å². The topological polar surface area (TPSA) is 34.1 Å². The third-order valence-electron chi connectivity index (χ3n) is 3.03. The van der Waals surface area contributed by atoms with Crippen molar-refractivity contribution >= 4 is 19.7 Å². The fourth-order valence-electron chi connectivity index (χ4n) is 2.53. The first-order valence-electron chi connectivity index (χ1n) is 4.01. The molecule has 64 valence electrons. The second-order valence-corrected chi connectivity index (χ2v) is 6.54. The van der Waals surface area contributed by atoms with E-state index in [0.29, 0.717) is 11.8 Å². The van der Waals surface area contributed by atoms with Gasteiger partial charge < -0.3 is 0 Å². The van der Waals surface area contributed by atoms with Crippen molar-refractivity contribution in [1.82, 2.24) is 0 Å². The summed E-state index contributed by atoms with van der Waals surface area (Å²) in [5.41, 5.74) is 0. The number of hydrogen-bond donors (Lipinski definition) is 0. The predicted octanol–water partition coefficient (Wildman–Crippen LogP) is 1.74. The van der Waals surface area contributed by atoms with Gasteiger partial charge in [0, 0.05) is 10.7 Å². The molecule has 0 amide bonds. The molecule has 11 heavy (non-hydrogen) atoms. The zero-order valence-corrected chi connectivity index (χ0v) is 7.74. The fourth-order valence-corrected chi connectivity index (χ4v) is 4.39. The van der Waals surface area contributed by atoms with E-state index in [1.54, 1.807) is 0 Å². The van der Waals surface area contributed by atoms with Crippen molar-refractivity contribution in [3.63, 3.8) is 0 Å². The summed E-state index contributed by atoms with van der Waals surface area (Å²) in [6.07, 6.45) is 4.20. The van der Waals surface area contributed by atoms with Crippen LogP contribution < -0.4 is 0 Å². The molecule has 0 aromatic heterocycles. The third-order valence-corrected chi connectivity index (χ3v) is 5.02. The summed E-state index contributed by atoms with van der Waals surface area (Å²) in [7, 11) is 2.04. The summed E-state index contributed by atoms with van der Waals surface area (Å²) < 4.78 is 22.0. The summed E-state index contributed by atoms with van der Waals surface area (Å²) in [6, 6.07) is 0. The summed E-state index contributed by atoms with van der Waals surface area (Å²) in [4.78, 5) is 0. The van der Waals surface area contributed by atoms with Gasteiger partial charge in [-0.05, 0) is 31.1 Å². The van der Waals surface area contributed by atoms with E-state index < -0.39 is 9.05 Å². The number of fused-ring (bicyclic) bond motifs is 2. The van der Waals surface area contributed by atoms with Gasteiger partial charge in [0.15, 0.2) is 0 Å². The molecule has 2 nitrogen and oxygen atoms in total. The second-order valence-electron chi connectivity index (χ2n) is 3.69. The molecule has 3 atom stereocenters. The molecule has 0 unspecified atom stereocenters. The Balaban J connectivity index is 2.21. The molecule has 2 fully saturated rings. The minimum Gasteiger partial charge on any atom is -0.212 e. The smallest absolute Gasteiger partial charge is 0.212 e. The van der Waals surface area contributed by atoms with Crippen LogP contribution in [-0.2, 0) is 9.05 Å². The maximum atomic E-state index is 11.0. The van der Waals surface area contributed by atoms with E-state index in [0.717, 1.165) is 19.3 Å². The Kier molecular flexibility index (Phi) is 1.69. The highest BCUT2D eigenvalue weighted by Gasteiger charge is 2.45. The van der Waals surface area contributed by atoms with Gasteiger partial charge in [0.2, 0.25) is 9.05 Å². The lowest BCUT2D eigenvalue weighted by Gasteiger charge is -2.17. The van der Waals surface area contributed by atoms with Crippen molar-refractivity contribution < 1.29 is 8.42 Å². The van der Waals surface area contributed by atoms with E-state index in [2.05, 4.69) is 0 Å². The van der Waals surface area contributed by atoms with Crippen molar-refractivity contribution in [2.45, 2.75) is 30.9 Å². The monoisotopic (exact) mass is 194 g/mol. The number of rotatable bonds is 1. The quantitative estimate of drug-likeness (QED) is 0.596. The molecule has 0 radical (unpaired) electrons. The molecular weight excluding hydrogens is 184 g/mol. The lowest BCUT2D eigenvalue weighted by atomic mass is 10.0. The van der Waals surface area contributed by atoms with Gasteiger partial charge in [-0.15, -0.1) is 0 Å². The van der Waals surface area contributed by atoms with Crippen LogP contribution in [0.2, 0.25) is 0 Å². The minimum atomic E-state index is -3.26. The van der Waals surface area contributed by atoms with Crippen LogP contribution in [0.1, 0.15) is 25.7 Å². The van der Waals surface area contributed by atoms with Crippen molar-refractivity contribution in [2.24, 2.45) is 11.8 Å². The van der Waals surface area contributed by atoms with Crippen LogP contribution in [-0.4, -0.2) is 13.7 Å². The molecule has 0 aliphatic heterocycles. The minimum absolute atomic E-state index is 0.220. The average Bonchev–Trinajstić information content (AvgIpc) is 2.42. The van der Waals surface area contributed by atoms with Crippen LogP contribution in [0.3, 0.4) is 0 Å². The van der Waals surface area contributed by atoms with Gasteiger partial charge in [0.25, 0.3) is 0 Å². The highest BCUT2D eigenvalue weighted by Crippen LogP contribution is 2.48. The van der Waals surface area contributed by atoms with Gasteiger partial charge in [0.05, 0.1) is 5.25 Å². The number of hydrogen-bond acceptors (Lipinski definition) is 2. The van der Waals surface area contributed by atoms with Gasteiger partial charge in [-0.1, -0.05) is 6.42 Å². The molecule has 0 heterocycles. The maximum Gasteiger partial charge on any atom is 0.235 e. The highest BCUT2D eigenvalue weighted by atomic mass is 35.7. The molecule has 2 saturated carbocycles. The molecule has 0 saturated heterocycles. The lowest BCUT2D eigenvalue weighted by molar-refractivity contribution is 0.470. The van der Waals surface area contributed by atoms with E-state index >= 15 is 0 Å². The molecule has 0 aromatic rings.